The highest BCUT2D eigenvalue weighted by Crippen LogP contribution is 2.30. The maximum Gasteiger partial charge on any atom is 0.138 e. The lowest BCUT2D eigenvalue weighted by atomic mass is 10.1. The van der Waals surface area contributed by atoms with Gasteiger partial charge in [0.25, 0.3) is 0 Å². The second-order valence-electron chi connectivity index (χ2n) is 5.39. The van der Waals surface area contributed by atoms with E-state index in [4.69, 9.17) is 4.74 Å². The van der Waals surface area contributed by atoms with E-state index in [1.807, 2.05) is 19.1 Å². The summed E-state index contributed by atoms with van der Waals surface area (Å²) >= 11 is 3.54. The van der Waals surface area contributed by atoms with Crippen molar-refractivity contribution in [2.24, 2.45) is 0 Å². The van der Waals surface area contributed by atoms with Gasteiger partial charge in [-0.25, -0.2) is 0 Å². The van der Waals surface area contributed by atoms with Crippen LogP contribution in [-0.2, 0) is 6.54 Å². The topological polar surface area (TPSA) is 21.3 Å². The first kappa shape index (κ1) is 15.3. The number of ether oxygens (including phenoxy) is 1. The summed E-state index contributed by atoms with van der Waals surface area (Å²) in [6.07, 6.45) is 1.79. The standard InChI is InChI=1S/C15H22BrNO/c1-6-11(2)18-14-12(8-7-9-13(14)16)10-17-15(3,4)5/h6-9,11,17H,1,10H2,2-5H3. The van der Waals surface area contributed by atoms with Crippen molar-refractivity contribution in [3.05, 3.63) is 40.9 Å². The maximum atomic E-state index is 5.89. The van der Waals surface area contributed by atoms with E-state index in [-0.39, 0.29) is 11.6 Å². The Kier molecular flexibility index (Phi) is 5.42. The summed E-state index contributed by atoms with van der Waals surface area (Å²) in [5, 5.41) is 3.47. The van der Waals surface area contributed by atoms with Crippen molar-refractivity contribution in [1.29, 1.82) is 0 Å². The van der Waals surface area contributed by atoms with Crippen LogP contribution in [-0.4, -0.2) is 11.6 Å². The Bertz CT molecular complexity index is 409. The van der Waals surface area contributed by atoms with Crippen LogP contribution < -0.4 is 10.1 Å². The minimum Gasteiger partial charge on any atom is -0.485 e. The van der Waals surface area contributed by atoms with Gasteiger partial charge in [-0.3, -0.25) is 0 Å². The van der Waals surface area contributed by atoms with Crippen molar-refractivity contribution >= 4 is 15.9 Å². The molecule has 1 rings (SSSR count). The van der Waals surface area contributed by atoms with Crippen molar-refractivity contribution in [2.45, 2.75) is 45.9 Å². The first-order valence-corrected chi connectivity index (χ1v) is 6.94. The molecule has 0 heterocycles. The molecule has 3 heteroatoms. The van der Waals surface area contributed by atoms with Crippen LogP contribution in [0, 0.1) is 0 Å². The van der Waals surface area contributed by atoms with Gasteiger partial charge < -0.3 is 10.1 Å². The fraction of sp³-hybridized carbons (Fsp3) is 0.467. The smallest absolute Gasteiger partial charge is 0.138 e. The molecule has 0 fully saturated rings. The van der Waals surface area contributed by atoms with E-state index in [0.717, 1.165) is 22.3 Å². The Labute approximate surface area is 119 Å². The zero-order chi connectivity index (χ0) is 13.8. The highest BCUT2D eigenvalue weighted by Gasteiger charge is 2.13. The molecule has 0 saturated carbocycles. The molecule has 0 aliphatic rings. The molecule has 0 spiro atoms. The summed E-state index contributed by atoms with van der Waals surface area (Å²) in [6, 6.07) is 6.09. The first-order valence-electron chi connectivity index (χ1n) is 6.15. The van der Waals surface area contributed by atoms with Crippen LogP contribution in [0.25, 0.3) is 0 Å². The summed E-state index contributed by atoms with van der Waals surface area (Å²) in [4.78, 5) is 0. The molecule has 2 nitrogen and oxygen atoms in total. The normalized spacial score (nSPS) is 13.2. The molecule has 18 heavy (non-hydrogen) atoms. The highest BCUT2D eigenvalue weighted by atomic mass is 79.9. The molecule has 0 amide bonds. The van der Waals surface area contributed by atoms with Gasteiger partial charge in [0.05, 0.1) is 4.47 Å². The third kappa shape index (κ3) is 4.83. The van der Waals surface area contributed by atoms with Gasteiger partial charge >= 0.3 is 0 Å². The van der Waals surface area contributed by atoms with Gasteiger partial charge in [0.1, 0.15) is 11.9 Å². The van der Waals surface area contributed by atoms with Crippen molar-refractivity contribution < 1.29 is 4.74 Å². The molecule has 1 aromatic carbocycles. The van der Waals surface area contributed by atoms with Crippen LogP contribution in [0.15, 0.2) is 35.3 Å². The van der Waals surface area contributed by atoms with Crippen LogP contribution in [0.5, 0.6) is 5.75 Å². The van der Waals surface area contributed by atoms with Gasteiger partial charge in [-0.05, 0) is 49.7 Å². The number of benzene rings is 1. The monoisotopic (exact) mass is 311 g/mol. The lowest BCUT2D eigenvalue weighted by molar-refractivity contribution is 0.264. The van der Waals surface area contributed by atoms with Gasteiger partial charge in [-0.15, -0.1) is 0 Å². The van der Waals surface area contributed by atoms with Crippen LogP contribution in [0.1, 0.15) is 33.3 Å². The summed E-state index contributed by atoms with van der Waals surface area (Å²) < 4.78 is 6.86. The third-order valence-electron chi connectivity index (χ3n) is 2.49. The Morgan fingerprint density at radius 3 is 2.67 bits per heavy atom. The van der Waals surface area contributed by atoms with Crippen LogP contribution in [0.2, 0.25) is 0 Å². The molecule has 1 atom stereocenters. The second-order valence-corrected chi connectivity index (χ2v) is 6.24. The number of hydrogen-bond donors (Lipinski definition) is 1. The molecule has 1 unspecified atom stereocenters. The average molecular weight is 312 g/mol. The van der Waals surface area contributed by atoms with E-state index in [2.05, 4.69) is 54.7 Å². The predicted octanol–water partition coefficient (Wildman–Crippen LogP) is 4.29. The maximum absolute atomic E-state index is 5.89. The molecule has 0 radical (unpaired) electrons. The van der Waals surface area contributed by atoms with Gasteiger partial charge in [0.2, 0.25) is 0 Å². The minimum absolute atomic E-state index is 0.00270. The van der Waals surface area contributed by atoms with Crippen molar-refractivity contribution in [1.82, 2.24) is 5.32 Å². The van der Waals surface area contributed by atoms with Gasteiger partial charge in [0, 0.05) is 17.6 Å². The summed E-state index contributed by atoms with van der Waals surface area (Å²) in [5.74, 6) is 0.890. The van der Waals surface area contributed by atoms with Crippen LogP contribution in [0.4, 0.5) is 0 Å². The largest absolute Gasteiger partial charge is 0.485 e. The molecule has 0 bridgehead atoms. The number of halogens is 1. The van der Waals surface area contributed by atoms with E-state index >= 15 is 0 Å². The van der Waals surface area contributed by atoms with E-state index in [1.165, 1.54) is 0 Å². The van der Waals surface area contributed by atoms with Crippen LogP contribution >= 0.6 is 15.9 Å². The number of hydrogen-bond acceptors (Lipinski definition) is 2. The summed E-state index contributed by atoms with van der Waals surface area (Å²) in [7, 11) is 0. The van der Waals surface area contributed by atoms with E-state index in [0.29, 0.717) is 0 Å². The molecular weight excluding hydrogens is 290 g/mol. The Balaban J connectivity index is 2.89. The Morgan fingerprint density at radius 1 is 1.44 bits per heavy atom. The highest BCUT2D eigenvalue weighted by molar-refractivity contribution is 9.10. The van der Waals surface area contributed by atoms with E-state index in [9.17, 15) is 0 Å². The molecular formula is C15H22BrNO. The summed E-state index contributed by atoms with van der Waals surface area (Å²) in [6.45, 7) is 13.0. The van der Waals surface area contributed by atoms with Crippen LogP contribution in [0.3, 0.4) is 0 Å². The van der Waals surface area contributed by atoms with Gasteiger partial charge in [0.15, 0.2) is 0 Å². The lowest BCUT2D eigenvalue weighted by Gasteiger charge is -2.22. The fourth-order valence-corrected chi connectivity index (χ4v) is 1.92. The zero-order valence-corrected chi connectivity index (χ0v) is 13.2. The molecule has 1 aromatic rings. The summed E-state index contributed by atoms with van der Waals surface area (Å²) in [5.41, 5.74) is 1.23. The Morgan fingerprint density at radius 2 is 2.11 bits per heavy atom. The number of nitrogens with one attached hydrogen (secondary N) is 1. The van der Waals surface area contributed by atoms with Crippen molar-refractivity contribution in [3.8, 4) is 5.75 Å². The SMILES string of the molecule is C=CC(C)Oc1c(Br)cccc1CNC(C)(C)C. The minimum atomic E-state index is -0.00270. The van der Waals surface area contributed by atoms with Crippen molar-refractivity contribution in [2.75, 3.05) is 0 Å². The molecule has 100 valence electrons. The molecule has 0 aliphatic carbocycles. The molecule has 0 aromatic heterocycles. The number of para-hydroxylation sites is 1. The number of rotatable bonds is 5. The molecule has 0 aliphatic heterocycles. The average Bonchev–Trinajstić information content (AvgIpc) is 2.28. The lowest BCUT2D eigenvalue weighted by Crippen LogP contribution is -2.35. The third-order valence-corrected chi connectivity index (χ3v) is 3.12. The predicted molar refractivity (Wildman–Crippen MR) is 81.0 cm³/mol. The fourth-order valence-electron chi connectivity index (χ4n) is 1.42. The molecule has 1 N–H and O–H groups in total. The second kappa shape index (κ2) is 6.39. The Hall–Kier alpha value is -0.800. The quantitative estimate of drug-likeness (QED) is 0.819. The van der Waals surface area contributed by atoms with E-state index < -0.39 is 0 Å². The zero-order valence-electron chi connectivity index (χ0n) is 11.6. The first-order chi connectivity index (χ1) is 8.33. The van der Waals surface area contributed by atoms with Gasteiger partial charge in [-0.1, -0.05) is 24.8 Å². The van der Waals surface area contributed by atoms with Crippen molar-refractivity contribution in [3.63, 3.8) is 0 Å². The van der Waals surface area contributed by atoms with Gasteiger partial charge in [-0.2, -0.15) is 0 Å². The van der Waals surface area contributed by atoms with E-state index in [1.54, 1.807) is 6.08 Å². The molecule has 0 saturated heterocycles.